The molecule has 72 valence electrons. The van der Waals surface area contributed by atoms with Crippen LogP contribution in [0.25, 0.3) is 0 Å². The summed E-state index contributed by atoms with van der Waals surface area (Å²) in [5.41, 5.74) is 0.0180. The predicted molar refractivity (Wildman–Crippen MR) is 51.3 cm³/mol. The summed E-state index contributed by atoms with van der Waals surface area (Å²) in [5.74, 6) is 0.658. The van der Waals surface area contributed by atoms with E-state index in [2.05, 4.69) is 15.3 Å². The number of aromatic nitrogens is 2. The summed E-state index contributed by atoms with van der Waals surface area (Å²) in [6, 6.07) is 0. The molecule has 0 saturated heterocycles. The van der Waals surface area contributed by atoms with Gasteiger partial charge in [0.25, 0.3) is 0 Å². The number of carbonyl (C=O) groups is 1. The monoisotopic (exact) mass is 181 g/mol. The molecule has 0 radical (unpaired) electrons. The molecule has 2 N–H and O–H groups in total. The van der Waals surface area contributed by atoms with E-state index in [-0.39, 0.29) is 11.3 Å². The Bertz CT molecular complexity index is 272. The molecular weight excluding hydrogens is 166 g/mol. The van der Waals surface area contributed by atoms with Crippen LogP contribution in [0.2, 0.25) is 0 Å². The zero-order chi connectivity index (χ0) is 9.90. The minimum Gasteiger partial charge on any atom is -0.331 e. The maximum absolute atomic E-state index is 11.4. The van der Waals surface area contributed by atoms with E-state index in [9.17, 15) is 4.79 Å². The molecule has 0 unspecified atom stereocenters. The normalized spacial score (nSPS) is 11.3. The van der Waals surface area contributed by atoms with E-state index >= 15 is 0 Å². The molecular formula is C9H15N3O. The first kappa shape index (κ1) is 9.77. The van der Waals surface area contributed by atoms with Gasteiger partial charge in [-0.2, -0.15) is 0 Å². The summed E-state index contributed by atoms with van der Waals surface area (Å²) in [5, 5.41) is 2.72. The molecule has 1 aromatic heterocycles. The summed E-state index contributed by atoms with van der Waals surface area (Å²) in [4.78, 5) is 18.0. The SMILES string of the molecule is CC(C)(C)CC(=O)Nc1cnc[nH]1. The molecule has 0 spiro atoms. The van der Waals surface area contributed by atoms with Crippen LogP contribution in [0.1, 0.15) is 27.2 Å². The molecule has 0 fully saturated rings. The van der Waals surface area contributed by atoms with Crippen molar-refractivity contribution in [1.82, 2.24) is 9.97 Å². The van der Waals surface area contributed by atoms with Crippen LogP contribution in [0.15, 0.2) is 12.5 Å². The van der Waals surface area contributed by atoms with Crippen LogP contribution in [0.3, 0.4) is 0 Å². The second-order valence-corrected chi connectivity index (χ2v) is 4.25. The van der Waals surface area contributed by atoms with Crippen molar-refractivity contribution in [2.75, 3.05) is 5.32 Å². The second-order valence-electron chi connectivity index (χ2n) is 4.25. The first-order chi connectivity index (χ1) is 5.97. The topological polar surface area (TPSA) is 57.8 Å². The van der Waals surface area contributed by atoms with E-state index < -0.39 is 0 Å². The van der Waals surface area contributed by atoms with Gasteiger partial charge in [0, 0.05) is 6.42 Å². The minimum absolute atomic E-state index is 0.0109. The molecule has 1 amide bonds. The number of imidazole rings is 1. The first-order valence-corrected chi connectivity index (χ1v) is 4.25. The predicted octanol–water partition coefficient (Wildman–Crippen LogP) is 1.78. The maximum atomic E-state index is 11.4. The Morgan fingerprint density at radius 1 is 1.62 bits per heavy atom. The molecule has 13 heavy (non-hydrogen) atoms. The summed E-state index contributed by atoms with van der Waals surface area (Å²) < 4.78 is 0. The number of carbonyl (C=O) groups excluding carboxylic acids is 1. The number of amides is 1. The average Bonchev–Trinajstić information content (AvgIpc) is 2.34. The molecule has 0 atom stereocenters. The van der Waals surface area contributed by atoms with Gasteiger partial charge in [0.2, 0.25) is 5.91 Å². The van der Waals surface area contributed by atoms with Crippen LogP contribution in [0, 0.1) is 5.41 Å². The minimum atomic E-state index is 0.0109. The second kappa shape index (κ2) is 3.60. The molecule has 0 saturated carbocycles. The standard InChI is InChI=1S/C9H15N3O/c1-9(2,3)4-8(13)12-7-5-10-6-11-7/h5-6H,4H2,1-3H3,(H,10,11)(H,12,13). The quantitative estimate of drug-likeness (QED) is 0.730. The van der Waals surface area contributed by atoms with Gasteiger partial charge in [0.15, 0.2) is 0 Å². The van der Waals surface area contributed by atoms with Crippen LogP contribution in [-0.4, -0.2) is 15.9 Å². The molecule has 1 aromatic rings. The number of rotatable bonds is 2. The lowest BCUT2D eigenvalue weighted by atomic mass is 9.92. The zero-order valence-corrected chi connectivity index (χ0v) is 8.22. The van der Waals surface area contributed by atoms with E-state index in [1.807, 2.05) is 20.8 Å². The molecule has 1 rings (SSSR count). The first-order valence-electron chi connectivity index (χ1n) is 4.25. The highest BCUT2D eigenvalue weighted by molar-refractivity contribution is 5.89. The lowest BCUT2D eigenvalue weighted by Gasteiger charge is -2.16. The summed E-state index contributed by atoms with van der Waals surface area (Å²) >= 11 is 0. The van der Waals surface area contributed by atoms with Crippen LogP contribution < -0.4 is 5.32 Å². The van der Waals surface area contributed by atoms with Crippen molar-refractivity contribution in [3.63, 3.8) is 0 Å². The Hall–Kier alpha value is -1.32. The number of nitrogens with zero attached hydrogens (tertiary/aromatic N) is 1. The van der Waals surface area contributed by atoms with Crippen molar-refractivity contribution in [3.05, 3.63) is 12.5 Å². The van der Waals surface area contributed by atoms with Gasteiger partial charge in [-0.05, 0) is 5.41 Å². The van der Waals surface area contributed by atoms with E-state index in [0.717, 1.165) is 0 Å². The van der Waals surface area contributed by atoms with Gasteiger partial charge >= 0.3 is 0 Å². The van der Waals surface area contributed by atoms with E-state index in [1.54, 1.807) is 6.20 Å². The lowest BCUT2D eigenvalue weighted by molar-refractivity contribution is -0.117. The molecule has 4 nitrogen and oxygen atoms in total. The molecule has 0 aliphatic rings. The summed E-state index contributed by atoms with van der Waals surface area (Å²) in [7, 11) is 0. The highest BCUT2D eigenvalue weighted by atomic mass is 16.1. The van der Waals surface area contributed by atoms with Crippen LogP contribution in [-0.2, 0) is 4.79 Å². The van der Waals surface area contributed by atoms with Crippen LogP contribution >= 0.6 is 0 Å². The molecule has 0 bridgehead atoms. The van der Waals surface area contributed by atoms with Gasteiger partial charge in [-0.25, -0.2) is 4.98 Å². The smallest absolute Gasteiger partial charge is 0.226 e. The van der Waals surface area contributed by atoms with E-state index in [0.29, 0.717) is 12.2 Å². The third-order valence-corrected chi connectivity index (χ3v) is 1.46. The number of hydrogen-bond donors (Lipinski definition) is 2. The van der Waals surface area contributed by atoms with Gasteiger partial charge in [-0.1, -0.05) is 20.8 Å². The van der Waals surface area contributed by atoms with Crippen molar-refractivity contribution < 1.29 is 4.79 Å². The number of anilines is 1. The Kier molecular flexibility index (Phi) is 2.70. The third kappa shape index (κ3) is 3.73. The fourth-order valence-corrected chi connectivity index (χ4v) is 1.00. The molecule has 0 aliphatic heterocycles. The lowest BCUT2D eigenvalue weighted by Crippen LogP contribution is -2.19. The number of aromatic amines is 1. The Labute approximate surface area is 77.8 Å². The molecule has 4 heteroatoms. The Morgan fingerprint density at radius 3 is 2.77 bits per heavy atom. The molecule has 0 aliphatic carbocycles. The molecule has 0 aromatic carbocycles. The van der Waals surface area contributed by atoms with E-state index in [1.165, 1.54) is 6.33 Å². The van der Waals surface area contributed by atoms with Crippen LogP contribution in [0.5, 0.6) is 0 Å². The zero-order valence-electron chi connectivity index (χ0n) is 8.22. The third-order valence-electron chi connectivity index (χ3n) is 1.46. The number of H-pyrrole nitrogens is 1. The fourth-order valence-electron chi connectivity index (χ4n) is 1.00. The molecule has 1 heterocycles. The Balaban J connectivity index is 2.43. The summed E-state index contributed by atoms with van der Waals surface area (Å²) in [6.07, 6.45) is 3.62. The van der Waals surface area contributed by atoms with Crippen molar-refractivity contribution in [2.45, 2.75) is 27.2 Å². The fraction of sp³-hybridized carbons (Fsp3) is 0.556. The van der Waals surface area contributed by atoms with Crippen molar-refractivity contribution in [1.29, 1.82) is 0 Å². The van der Waals surface area contributed by atoms with Crippen LogP contribution in [0.4, 0.5) is 5.82 Å². The highest BCUT2D eigenvalue weighted by Gasteiger charge is 2.15. The van der Waals surface area contributed by atoms with Gasteiger partial charge < -0.3 is 10.3 Å². The van der Waals surface area contributed by atoms with E-state index in [4.69, 9.17) is 0 Å². The maximum Gasteiger partial charge on any atom is 0.226 e. The number of hydrogen-bond acceptors (Lipinski definition) is 2. The van der Waals surface area contributed by atoms with Gasteiger partial charge in [-0.3, -0.25) is 4.79 Å². The van der Waals surface area contributed by atoms with Crippen molar-refractivity contribution in [2.24, 2.45) is 5.41 Å². The largest absolute Gasteiger partial charge is 0.331 e. The van der Waals surface area contributed by atoms with Crippen molar-refractivity contribution in [3.8, 4) is 0 Å². The van der Waals surface area contributed by atoms with Crippen molar-refractivity contribution >= 4 is 11.7 Å². The number of nitrogens with one attached hydrogen (secondary N) is 2. The summed E-state index contributed by atoms with van der Waals surface area (Å²) in [6.45, 7) is 6.08. The Morgan fingerprint density at radius 2 is 2.31 bits per heavy atom. The van der Waals surface area contributed by atoms with Gasteiger partial charge in [0.05, 0.1) is 12.5 Å². The van der Waals surface area contributed by atoms with Gasteiger partial charge in [0.1, 0.15) is 5.82 Å². The van der Waals surface area contributed by atoms with Gasteiger partial charge in [-0.15, -0.1) is 0 Å². The average molecular weight is 181 g/mol. The highest BCUT2D eigenvalue weighted by Crippen LogP contribution is 2.18.